The molecule has 1 atom stereocenters. The van der Waals surface area contributed by atoms with E-state index in [1.54, 1.807) is 12.1 Å². The van der Waals surface area contributed by atoms with E-state index in [0.29, 0.717) is 16.2 Å². The highest BCUT2D eigenvalue weighted by Crippen LogP contribution is 2.36. The molecule has 0 amide bonds. The summed E-state index contributed by atoms with van der Waals surface area (Å²) < 4.78 is 37.4. The number of nitrogens with two attached hydrogens (primary N) is 1. The summed E-state index contributed by atoms with van der Waals surface area (Å²) in [6, 6.07) is 7.20. The third-order valence-electron chi connectivity index (χ3n) is 2.81. The second-order valence-corrected chi connectivity index (χ2v) is 5.19. The second-order valence-electron chi connectivity index (χ2n) is 4.16. The van der Waals surface area contributed by atoms with Crippen LogP contribution < -0.4 is 5.73 Å². The first-order valence-corrected chi connectivity index (χ1v) is 6.62. The lowest BCUT2D eigenvalue weighted by Crippen LogP contribution is -2.07. The van der Waals surface area contributed by atoms with E-state index in [0.717, 1.165) is 17.5 Å². The van der Waals surface area contributed by atoms with Crippen LogP contribution in [0.3, 0.4) is 0 Å². The average molecular weight is 286 g/mol. The summed E-state index contributed by atoms with van der Waals surface area (Å²) in [5.41, 5.74) is 7.59. The molecule has 2 rings (SSSR count). The molecule has 0 saturated heterocycles. The minimum atomic E-state index is -4.38. The molecule has 0 saturated carbocycles. The number of nitrogens with zero attached hydrogens (tertiary/aromatic N) is 1. The van der Waals surface area contributed by atoms with Gasteiger partial charge in [0.2, 0.25) is 0 Å². The number of thiazole rings is 1. The van der Waals surface area contributed by atoms with Gasteiger partial charge in [-0.2, -0.15) is 13.2 Å². The summed E-state index contributed by atoms with van der Waals surface area (Å²) in [7, 11) is 0. The lowest BCUT2D eigenvalue weighted by Gasteiger charge is -2.09. The van der Waals surface area contributed by atoms with Crippen molar-refractivity contribution in [3.63, 3.8) is 0 Å². The molecular formula is C13H13F3N2S. The lowest BCUT2D eigenvalue weighted by atomic mass is 10.0. The van der Waals surface area contributed by atoms with Crippen LogP contribution in [-0.2, 0) is 6.18 Å². The Morgan fingerprint density at radius 1 is 1.26 bits per heavy atom. The quantitative estimate of drug-likeness (QED) is 0.916. The van der Waals surface area contributed by atoms with Gasteiger partial charge in [0.05, 0.1) is 4.88 Å². The molecule has 1 aromatic heterocycles. The van der Waals surface area contributed by atoms with Crippen molar-refractivity contribution in [1.82, 2.24) is 4.98 Å². The third-order valence-corrected chi connectivity index (χ3v) is 3.90. The molecule has 102 valence electrons. The monoisotopic (exact) mass is 286 g/mol. The molecule has 1 aromatic carbocycles. The molecule has 1 unspecified atom stereocenters. The van der Waals surface area contributed by atoms with Crippen molar-refractivity contribution in [3.05, 3.63) is 41.0 Å². The molecular weight excluding hydrogens is 273 g/mol. The molecule has 6 heteroatoms. The lowest BCUT2D eigenvalue weighted by molar-refractivity contribution is -0.137. The zero-order chi connectivity index (χ0) is 14.0. The van der Waals surface area contributed by atoms with E-state index >= 15 is 0 Å². The van der Waals surface area contributed by atoms with Crippen LogP contribution in [0.5, 0.6) is 0 Å². The Labute approximate surface area is 113 Å². The molecule has 0 aliphatic carbocycles. The predicted octanol–water partition coefficient (Wildman–Crippen LogP) is 4.24. The van der Waals surface area contributed by atoms with E-state index < -0.39 is 11.2 Å². The Bertz CT molecular complexity index is 546. The van der Waals surface area contributed by atoms with Gasteiger partial charge >= 0.3 is 6.18 Å². The number of hydrogen-bond acceptors (Lipinski definition) is 3. The highest BCUT2D eigenvalue weighted by molar-refractivity contribution is 7.15. The van der Waals surface area contributed by atoms with Gasteiger partial charge in [0, 0.05) is 12.2 Å². The summed E-state index contributed by atoms with van der Waals surface area (Å²) in [6.07, 6.45) is -2.31. The first-order valence-electron chi connectivity index (χ1n) is 5.80. The van der Waals surface area contributed by atoms with Gasteiger partial charge < -0.3 is 5.73 Å². The van der Waals surface area contributed by atoms with E-state index in [-0.39, 0.29) is 6.04 Å². The van der Waals surface area contributed by atoms with Crippen LogP contribution in [0.2, 0.25) is 0 Å². The predicted molar refractivity (Wildman–Crippen MR) is 69.8 cm³/mol. The summed E-state index contributed by atoms with van der Waals surface area (Å²) in [6.45, 7) is 1.98. The molecule has 0 aliphatic heterocycles. The summed E-state index contributed by atoms with van der Waals surface area (Å²) >= 11 is 0.646. The van der Waals surface area contributed by atoms with Gasteiger partial charge in [-0.05, 0) is 17.5 Å². The number of aromatic nitrogens is 1. The smallest absolute Gasteiger partial charge is 0.324 e. The Morgan fingerprint density at radius 3 is 2.37 bits per heavy atom. The zero-order valence-electron chi connectivity index (χ0n) is 10.2. The van der Waals surface area contributed by atoms with Crippen molar-refractivity contribution in [1.29, 1.82) is 0 Å². The van der Waals surface area contributed by atoms with E-state index in [9.17, 15) is 13.2 Å². The van der Waals surface area contributed by atoms with Gasteiger partial charge in [-0.25, -0.2) is 4.98 Å². The second kappa shape index (κ2) is 5.30. The normalized spacial score (nSPS) is 13.5. The van der Waals surface area contributed by atoms with E-state index in [1.807, 2.05) is 19.1 Å². The number of halogens is 3. The van der Waals surface area contributed by atoms with Crippen LogP contribution >= 0.6 is 11.3 Å². The Balaban J connectivity index is 2.25. The maximum atomic E-state index is 12.5. The number of hydrogen-bond donors (Lipinski definition) is 1. The van der Waals surface area contributed by atoms with E-state index in [4.69, 9.17) is 5.73 Å². The van der Waals surface area contributed by atoms with Crippen LogP contribution in [0.4, 0.5) is 13.2 Å². The molecule has 0 spiro atoms. The van der Waals surface area contributed by atoms with Gasteiger partial charge in [0.1, 0.15) is 0 Å². The minimum Gasteiger partial charge on any atom is -0.324 e. The third kappa shape index (κ3) is 3.13. The molecule has 0 aliphatic rings. The standard InChI is InChI=1S/C13H13F3N2S/c1-2-10(17)8-3-5-9(6-4-8)11-7-18-12(19-11)13(14,15)16/h3-7,10H,2,17H2,1H3. The molecule has 0 fully saturated rings. The number of alkyl halides is 3. The van der Waals surface area contributed by atoms with Gasteiger partial charge in [0.15, 0.2) is 5.01 Å². The fourth-order valence-corrected chi connectivity index (χ4v) is 2.46. The molecule has 1 heterocycles. The number of benzene rings is 1. The summed E-state index contributed by atoms with van der Waals surface area (Å²) in [5, 5.41) is -0.822. The molecule has 2 nitrogen and oxygen atoms in total. The largest absolute Gasteiger partial charge is 0.443 e. The van der Waals surface area contributed by atoms with Gasteiger partial charge in [0.25, 0.3) is 0 Å². The van der Waals surface area contributed by atoms with Crippen molar-refractivity contribution in [2.24, 2.45) is 5.73 Å². The topological polar surface area (TPSA) is 38.9 Å². The maximum absolute atomic E-state index is 12.5. The van der Waals surface area contributed by atoms with Crippen molar-refractivity contribution >= 4 is 11.3 Å². The molecule has 0 radical (unpaired) electrons. The minimum absolute atomic E-state index is 0.0405. The molecule has 0 bridgehead atoms. The van der Waals surface area contributed by atoms with E-state index in [2.05, 4.69) is 4.98 Å². The van der Waals surface area contributed by atoms with Gasteiger partial charge in [-0.1, -0.05) is 31.2 Å². The zero-order valence-corrected chi connectivity index (χ0v) is 11.1. The Kier molecular flexibility index (Phi) is 3.91. The first-order chi connectivity index (χ1) is 8.91. The molecule has 2 N–H and O–H groups in total. The maximum Gasteiger partial charge on any atom is 0.443 e. The van der Waals surface area contributed by atoms with Gasteiger partial charge in [-0.3, -0.25) is 0 Å². The van der Waals surface area contributed by atoms with Gasteiger partial charge in [-0.15, -0.1) is 11.3 Å². The fourth-order valence-electron chi connectivity index (χ4n) is 1.67. The van der Waals surface area contributed by atoms with Crippen molar-refractivity contribution in [2.75, 3.05) is 0 Å². The summed E-state index contributed by atoms with van der Waals surface area (Å²) in [4.78, 5) is 3.91. The van der Waals surface area contributed by atoms with Crippen LogP contribution in [0, 0.1) is 0 Å². The highest BCUT2D eigenvalue weighted by Gasteiger charge is 2.34. The van der Waals surface area contributed by atoms with E-state index in [1.165, 1.54) is 6.20 Å². The SMILES string of the molecule is CCC(N)c1ccc(-c2cnc(C(F)(F)F)s2)cc1. The fraction of sp³-hybridized carbons (Fsp3) is 0.308. The van der Waals surface area contributed by atoms with Crippen LogP contribution in [-0.4, -0.2) is 4.98 Å². The van der Waals surface area contributed by atoms with Crippen molar-refractivity contribution in [2.45, 2.75) is 25.6 Å². The van der Waals surface area contributed by atoms with Crippen molar-refractivity contribution < 1.29 is 13.2 Å². The van der Waals surface area contributed by atoms with Crippen LogP contribution in [0.25, 0.3) is 10.4 Å². The highest BCUT2D eigenvalue weighted by atomic mass is 32.1. The van der Waals surface area contributed by atoms with Crippen molar-refractivity contribution in [3.8, 4) is 10.4 Å². The Morgan fingerprint density at radius 2 is 1.89 bits per heavy atom. The number of rotatable bonds is 3. The molecule has 2 aromatic rings. The van der Waals surface area contributed by atoms with Crippen LogP contribution in [0.1, 0.15) is 30.0 Å². The molecule has 19 heavy (non-hydrogen) atoms. The van der Waals surface area contributed by atoms with Crippen LogP contribution in [0.15, 0.2) is 30.5 Å². The first kappa shape index (κ1) is 14.0. The summed E-state index contributed by atoms with van der Waals surface area (Å²) in [5.74, 6) is 0. The Hall–Kier alpha value is -1.40. The average Bonchev–Trinajstić information content (AvgIpc) is 2.87.